The van der Waals surface area contributed by atoms with Gasteiger partial charge >= 0.3 is 67.3 Å². The summed E-state index contributed by atoms with van der Waals surface area (Å²) in [7, 11) is 0.750. The maximum Gasteiger partial charge on any atom is 2.00 e. The quantitative estimate of drug-likeness (QED) is 0.324. The molecule has 0 radical (unpaired) electrons. The van der Waals surface area contributed by atoms with Crippen LogP contribution < -0.4 is 44.9 Å². The Bertz CT molecular complexity index is 37.0. The van der Waals surface area contributed by atoms with E-state index in [2.05, 4.69) is 0 Å². The van der Waals surface area contributed by atoms with Crippen LogP contribution in [-0.2, 0) is 0 Å². The van der Waals surface area contributed by atoms with Crippen molar-refractivity contribution in [1.82, 2.24) is 0 Å². The van der Waals surface area contributed by atoms with Gasteiger partial charge in [0.05, 0.1) is 0 Å². The van der Waals surface area contributed by atoms with Gasteiger partial charge in [-0.05, 0) is 6.16 Å². The Morgan fingerprint density at radius 2 is 1.25 bits per heavy atom. The van der Waals surface area contributed by atoms with Crippen LogP contribution in [0.2, 0.25) is 0 Å². The second kappa shape index (κ2) is 23.6. The molecule has 0 bridgehead atoms. The summed E-state index contributed by atoms with van der Waals surface area (Å²) in [6.45, 7) is 0. The fourth-order valence-electron chi connectivity index (χ4n) is 0. The van der Waals surface area contributed by atoms with E-state index in [0.717, 1.165) is 7.11 Å². The number of carboxylic acid groups (broad SMARTS) is 2. The van der Waals surface area contributed by atoms with E-state index in [1.165, 1.54) is 0 Å². The Balaban J connectivity index is -0.0000000183. The second-order valence-electron chi connectivity index (χ2n) is 0.250. The van der Waals surface area contributed by atoms with Gasteiger partial charge in [0.15, 0.2) is 0 Å². The molecule has 0 aliphatic heterocycles. The predicted molar refractivity (Wildman–Crippen MR) is 17.1 cm³/mol. The van der Waals surface area contributed by atoms with Crippen molar-refractivity contribution < 1.29 is 49.7 Å². The first-order valence-electron chi connectivity index (χ1n) is 1.02. The van der Waals surface area contributed by atoms with Crippen LogP contribution in [0.25, 0.3) is 0 Å². The van der Waals surface area contributed by atoms with Crippen molar-refractivity contribution in [3.05, 3.63) is 0 Å². The van der Waals surface area contributed by atoms with Crippen LogP contribution in [0.3, 0.4) is 0 Å². The average Bonchev–Trinajstić information content (AvgIpc) is 1.41. The molecule has 0 spiro atoms. The van der Waals surface area contributed by atoms with Gasteiger partial charge in [0.1, 0.15) is 0 Å². The molecular weight excluding hydrogens is 151 g/mol. The first kappa shape index (κ1) is 22.7. The summed E-state index contributed by atoms with van der Waals surface area (Å²) < 4.78 is 0. The second-order valence-corrected chi connectivity index (χ2v) is 0.250. The Morgan fingerprint density at radius 3 is 1.25 bits per heavy atom. The third kappa shape index (κ3) is 142. The molecule has 0 N–H and O–H groups in total. The van der Waals surface area contributed by atoms with Gasteiger partial charge in [0.25, 0.3) is 0 Å². The average molecular weight is 154 g/mol. The molecule has 0 unspecified atom stereocenters. The van der Waals surface area contributed by atoms with Crippen molar-refractivity contribution >= 4 is 43.9 Å². The maximum absolute atomic E-state index is 8.33. The Morgan fingerprint density at radius 1 is 1.25 bits per heavy atom. The van der Waals surface area contributed by atoms with Gasteiger partial charge in [-0.15, -0.1) is 0 Å². The Hall–Kier alpha value is 1.49. The third-order valence-corrected chi connectivity index (χ3v) is 0. The summed E-state index contributed by atoms with van der Waals surface area (Å²) in [5.41, 5.74) is 0. The summed E-state index contributed by atoms with van der Waals surface area (Å²) in [5.74, 6) is 0. The van der Waals surface area contributed by atoms with Crippen molar-refractivity contribution in [2.24, 2.45) is 0 Å². The van der Waals surface area contributed by atoms with Crippen LogP contribution in [-0.4, -0.2) is 51.0 Å². The van der Waals surface area contributed by atoms with Crippen LogP contribution in [0.1, 0.15) is 0 Å². The Kier molecular flexibility index (Phi) is 67.0. The topological polar surface area (TPSA) is 86.2 Å². The SMILES string of the molecule is C[O-].O=C([O-])[O-].[Ca+2].[Na+]. The van der Waals surface area contributed by atoms with Crippen LogP contribution in [0, 0.1) is 0 Å². The zero-order chi connectivity index (χ0) is 5.58. The monoisotopic (exact) mass is 154 g/mol. The fourth-order valence-corrected chi connectivity index (χ4v) is 0. The smallest absolute Gasteiger partial charge is 0.857 e. The van der Waals surface area contributed by atoms with E-state index in [4.69, 9.17) is 20.1 Å². The molecule has 0 aromatic heterocycles. The van der Waals surface area contributed by atoms with E-state index in [1.54, 1.807) is 0 Å². The summed E-state index contributed by atoms with van der Waals surface area (Å²) in [6, 6.07) is 0. The van der Waals surface area contributed by atoms with Gasteiger partial charge < -0.3 is 20.1 Å². The predicted octanol–water partition coefficient (Wildman–Crippen LogP) is -6.85. The first-order valence-corrected chi connectivity index (χ1v) is 1.02. The Labute approximate surface area is 99.2 Å². The zero-order valence-electron chi connectivity index (χ0n) is 4.84. The molecule has 0 heterocycles. The van der Waals surface area contributed by atoms with Crippen molar-refractivity contribution in [2.45, 2.75) is 0 Å². The van der Waals surface area contributed by atoms with E-state index in [-0.39, 0.29) is 67.3 Å². The summed E-state index contributed by atoms with van der Waals surface area (Å²) in [6.07, 6.45) is -2.33. The summed E-state index contributed by atoms with van der Waals surface area (Å²) >= 11 is 0. The van der Waals surface area contributed by atoms with Gasteiger partial charge in [-0.25, -0.2) is 0 Å². The van der Waals surface area contributed by atoms with Gasteiger partial charge in [0.2, 0.25) is 0 Å². The molecule has 4 nitrogen and oxygen atoms in total. The van der Waals surface area contributed by atoms with Crippen LogP contribution >= 0.6 is 0 Å². The molecular formula is C2H3CaNaO4. The molecule has 0 fully saturated rings. The molecule has 0 rings (SSSR count). The van der Waals surface area contributed by atoms with Gasteiger partial charge in [-0.3, -0.25) is 0 Å². The van der Waals surface area contributed by atoms with Crippen LogP contribution in [0.4, 0.5) is 4.79 Å². The van der Waals surface area contributed by atoms with Crippen LogP contribution in [0.5, 0.6) is 0 Å². The number of hydrogen-bond acceptors (Lipinski definition) is 4. The van der Waals surface area contributed by atoms with E-state index in [0.29, 0.717) is 0 Å². The number of hydrogen-bond donors (Lipinski definition) is 0. The molecule has 0 amide bonds. The van der Waals surface area contributed by atoms with Gasteiger partial charge in [-0.1, -0.05) is 0 Å². The zero-order valence-corrected chi connectivity index (χ0v) is 9.05. The molecule has 8 heavy (non-hydrogen) atoms. The van der Waals surface area contributed by atoms with E-state index in [9.17, 15) is 0 Å². The molecule has 0 aromatic carbocycles. The number of rotatable bonds is 0. The fraction of sp³-hybridized carbons (Fsp3) is 0.500. The molecule has 6 heteroatoms. The largest absolute Gasteiger partial charge is 2.00 e. The van der Waals surface area contributed by atoms with Crippen LogP contribution in [0.15, 0.2) is 0 Å². The third-order valence-electron chi connectivity index (χ3n) is 0. The molecule has 38 valence electrons. The number of carbonyl (C=O) groups excluding carboxylic acids is 1. The van der Waals surface area contributed by atoms with Crippen molar-refractivity contribution in [1.29, 1.82) is 0 Å². The van der Waals surface area contributed by atoms with Crippen molar-refractivity contribution in [3.8, 4) is 0 Å². The maximum atomic E-state index is 8.33. The van der Waals surface area contributed by atoms with E-state index < -0.39 is 6.16 Å². The standard InChI is InChI=1S/CH2O3.CH3O.Ca.Na/c2-1(3)4;1-2;;/h(H2,2,3,4);1H3;;/q;-1;+2;+1/p-2. The van der Waals surface area contributed by atoms with Crippen molar-refractivity contribution in [2.75, 3.05) is 7.11 Å². The summed E-state index contributed by atoms with van der Waals surface area (Å²) in [4.78, 5) is 8.33. The molecule has 0 aromatic rings. The van der Waals surface area contributed by atoms with E-state index >= 15 is 0 Å². The first-order chi connectivity index (χ1) is 2.73. The number of carbonyl (C=O) groups is 1. The van der Waals surface area contributed by atoms with Gasteiger partial charge in [0, 0.05) is 0 Å². The molecule has 0 aliphatic rings. The molecule has 0 aliphatic carbocycles. The minimum atomic E-state index is -2.33. The normalized spacial score (nSPS) is 3.75. The molecule has 0 saturated heterocycles. The minimum absolute atomic E-state index is 0. The summed E-state index contributed by atoms with van der Waals surface area (Å²) in [5, 5.41) is 24.9. The van der Waals surface area contributed by atoms with Crippen molar-refractivity contribution in [3.63, 3.8) is 0 Å². The molecule has 0 atom stereocenters. The van der Waals surface area contributed by atoms with Gasteiger partial charge in [-0.2, -0.15) is 7.11 Å². The van der Waals surface area contributed by atoms with E-state index in [1.807, 2.05) is 0 Å². The molecule has 0 saturated carbocycles. The minimum Gasteiger partial charge on any atom is -0.857 e.